The summed E-state index contributed by atoms with van der Waals surface area (Å²) in [6.07, 6.45) is 0.921. The molecule has 0 atom stereocenters. The van der Waals surface area contributed by atoms with E-state index in [4.69, 9.17) is 22.1 Å². The molecule has 0 aliphatic heterocycles. The lowest BCUT2D eigenvalue weighted by molar-refractivity contribution is 0.198. The van der Waals surface area contributed by atoms with Crippen LogP contribution in [0, 0.1) is 0 Å². The van der Waals surface area contributed by atoms with Crippen LogP contribution < -0.4 is 11.1 Å². The van der Waals surface area contributed by atoms with Crippen molar-refractivity contribution in [3.8, 4) is 0 Å². The zero-order valence-corrected chi connectivity index (χ0v) is 8.84. The van der Waals surface area contributed by atoms with E-state index in [9.17, 15) is 0 Å². The van der Waals surface area contributed by atoms with Crippen LogP contribution in [0.15, 0.2) is 12.1 Å². The van der Waals surface area contributed by atoms with Crippen molar-refractivity contribution in [3.63, 3.8) is 0 Å². The number of nitrogens with zero attached hydrogens (tertiary/aromatic N) is 1. The summed E-state index contributed by atoms with van der Waals surface area (Å²) >= 11 is 5.73. The molecule has 0 aliphatic rings. The number of hydrogen-bond donors (Lipinski definition) is 2. The number of rotatable bonds is 5. The van der Waals surface area contributed by atoms with Crippen molar-refractivity contribution >= 4 is 23.1 Å². The van der Waals surface area contributed by atoms with Crippen LogP contribution in [0.3, 0.4) is 0 Å². The van der Waals surface area contributed by atoms with Crippen molar-refractivity contribution in [1.82, 2.24) is 4.98 Å². The van der Waals surface area contributed by atoms with Gasteiger partial charge in [0.05, 0.1) is 0 Å². The van der Waals surface area contributed by atoms with Gasteiger partial charge in [-0.1, -0.05) is 11.6 Å². The van der Waals surface area contributed by atoms with Crippen molar-refractivity contribution in [2.45, 2.75) is 6.42 Å². The molecule has 0 amide bonds. The number of nitrogens with two attached hydrogens (primary N) is 1. The molecule has 1 heterocycles. The number of methoxy groups -OCH3 is 1. The van der Waals surface area contributed by atoms with Gasteiger partial charge in [0.1, 0.15) is 11.0 Å². The van der Waals surface area contributed by atoms with E-state index in [1.54, 1.807) is 19.2 Å². The number of nitrogens with one attached hydrogen (secondary N) is 1. The molecule has 78 valence electrons. The molecule has 0 fully saturated rings. The Morgan fingerprint density at radius 3 is 3.00 bits per heavy atom. The average molecular weight is 216 g/mol. The minimum absolute atomic E-state index is 0.402. The average Bonchev–Trinajstić information content (AvgIpc) is 2.11. The van der Waals surface area contributed by atoms with E-state index in [0.29, 0.717) is 16.7 Å². The Balaban J connectivity index is 2.42. The lowest BCUT2D eigenvalue weighted by Gasteiger charge is -2.06. The van der Waals surface area contributed by atoms with Gasteiger partial charge in [-0.25, -0.2) is 4.98 Å². The highest BCUT2D eigenvalue weighted by Gasteiger charge is 1.97. The molecule has 0 unspecified atom stereocenters. The monoisotopic (exact) mass is 215 g/mol. The highest BCUT2D eigenvalue weighted by Crippen LogP contribution is 2.15. The number of halogens is 1. The van der Waals surface area contributed by atoms with Crippen LogP contribution in [0.4, 0.5) is 11.5 Å². The second-order valence-electron chi connectivity index (χ2n) is 2.88. The van der Waals surface area contributed by atoms with E-state index in [-0.39, 0.29) is 0 Å². The van der Waals surface area contributed by atoms with E-state index in [1.807, 2.05) is 0 Å². The largest absolute Gasteiger partial charge is 0.399 e. The standard InChI is InChI=1S/C9H14ClN3O/c1-14-4-2-3-12-9-6-7(11)5-8(10)13-9/h5-6H,2-4H2,1H3,(H3,11,12,13). The number of ether oxygens (including phenoxy) is 1. The summed E-state index contributed by atoms with van der Waals surface area (Å²) in [4.78, 5) is 4.07. The summed E-state index contributed by atoms with van der Waals surface area (Å²) in [6, 6.07) is 3.36. The third-order valence-corrected chi connectivity index (χ3v) is 1.84. The van der Waals surface area contributed by atoms with Crippen molar-refractivity contribution in [2.75, 3.05) is 31.3 Å². The smallest absolute Gasteiger partial charge is 0.133 e. The maximum Gasteiger partial charge on any atom is 0.133 e. The summed E-state index contributed by atoms with van der Waals surface area (Å²) in [5.74, 6) is 0.700. The van der Waals surface area contributed by atoms with Crippen molar-refractivity contribution in [1.29, 1.82) is 0 Å². The van der Waals surface area contributed by atoms with E-state index in [0.717, 1.165) is 19.6 Å². The number of pyridine rings is 1. The molecule has 5 heteroatoms. The Labute approximate surface area is 88.4 Å². The summed E-state index contributed by atoms with van der Waals surface area (Å²) in [5.41, 5.74) is 6.21. The topological polar surface area (TPSA) is 60.2 Å². The van der Waals surface area contributed by atoms with Gasteiger partial charge in [-0.05, 0) is 12.5 Å². The summed E-state index contributed by atoms with van der Waals surface area (Å²) in [5, 5.41) is 3.51. The third kappa shape index (κ3) is 3.81. The van der Waals surface area contributed by atoms with Gasteiger partial charge in [-0.2, -0.15) is 0 Å². The Bertz CT molecular complexity index is 273. The predicted octanol–water partition coefficient (Wildman–Crippen LogP) is 1.77. The van der Waals surface area contributed by atoms with Crippen LogP contribution in [-0.2, 0) is 4.74 Å². The van der Waals surface area contributed by atoms with Crippen LogP contribution in [-0.4, -0.2) is 25.2 Å². The molecule has 0 bridgehead atoms. The normalized spacial score (nSPS) is 10.1. The second-order valence-corrected chi connectivity index (χ2v) is 3.27. The predicted molar refractivity (Wildman–Crippen MR) is 58.6 cm³/mol. The van der Waals surface area contributed by atoms with Crippen LogP contribution in [0.25, 0.3) is 0 Å². The van der Waals surface area contributed by atoms with E-state index in [1.165, 1.54) is 0 Å². The highest BCUT2D eigenvalue weighted by molar-refractivity contribution is 6.29. The molecule has 1 rings (SSSR count). The molecule has 0 saturated carbocycles. The van der Waals surface area contributed by atoms with Crippen molar-refractivity contribution < 1.29 is 4.74 Å². The Morgan fingerprint density at radius 2 is 2.36 bits per heavy atom. The number of hydrogen-bond acceptors (Lipinski definition) is 4. The SMILES string of the molecule is COCCCNc1cc(N)cc(Cl)n1. The maximum atomic E-state index is 5.73. The van der Waals surface area contributed by atoms with Gasteiger partial charge < -0.3 is 15.8 Å². The van der Waals surface area contributed by atoms with E-state index < -0.39 is 0 Å². The first kappa shape index (κ1) is 11.1. The van der Waals surface area contributed by atoms with Gasteiger partial charge >= 0.3 is 0 Å². The molecule has 0 spiro atoms. The first-order valence-corrected chi connectivity index (χ1v) is 4.76. The van der Waals surface area contributed by atoms with Crippen LogP contribution in [0.5, 0.6) is 0 Å². The van der Waals surface area contributed by atoms with Gasteiger partial charge in [0, 0.05) is 32.0 Å². The van der Waals surface area contributed by atoms with Gasteiger partial charge in [-0.3, -0.25) is 0 Å². The van der Waals surface area contributed by atoms with Crippen LogP contribution in [0.1, 0.15) is 6.42 Å². The fraction of sp³-hybridized carbons (Fsp3) is 0.444. The fourth-order valence-electron chi connectivity index (χ4n) is 1.04. The Kier molecular flexibility index (Phi) is 4.49. The van der Waals surface area contributed by atoms with Crippen LogP contribution in [0.2, 0.25) is 5.15 Å². The van der Waals surface area contributed by atoms with Crippen molar-refractivity contribution in [2.24, 2.45) is 0 Å². The lowest BCUT2D eigenvalue weighted by Crippen LogP contribution is -2.06. The highest BCUT2D eigenvalue weighted by atomic mass is 35.5. The van der Waals surface area contributed by atoms with Gasteiger partial charge in [0.2, 0.25) is 0 Å². The summed E-state index contributed by atoms with van der Waals surface area (Å²) in [7, 11) is 1.68. The quantitative estimate of drug-likeness (QED) is 0.581. The minimum atomic E-state index is 0.402. The molecule has 0 aromatic carbocycles. The molecule has 14 heavy (non-hydrogen) atoms. The number of aromatic nitrogens is 1. The molecule has 0 aliphatic carbocycles. The second kappa shape index (κ2) is 5.67. The molecule has 1 aromatic heterocycles. The Morgan fingerprint density at radius 1 is 1.57 bits per heavy atom. The fourth-order valence-corrected chi connectivity index (χ4v) is 1.26. The molecule has 4 nitrogen and oxygen atoms in total. The Hall–Kier alpha value is -1.00. The minimum Gasteiger partial charge on any atom is -0.399 e. The first-order valence-electron chi connectivity index (χ1n) is 4.38. The van der Waals surface area contributed by atoms with Gasteiger partial charge in [-0.15, -0.1) is 0 Å². The first-order chi connectivity index (χ1) is 6.72. The summed E-state index contributed by atoms with van der Waals surface area (Å²) in [6.45, 7) is 1.52. The van der Waals surface area contributed by atoms with E-state index >= 15 is 0 Å². The van der Waals surface area contributed by atoms with Crippen molar-refractivity contribution in [3.05, 3.63) is 17.3 Å². The zero-order valence-electron chi connectivity index (χ0n) is 8.09. The lowest BCUT2D eigenvalue weighted by atomic mass is 10.4. The van der Waals surface area contributed by atoms with Gasteiger partial charge in [0.25, 0.3) is 0 Å². The third-order valence-electron chi connectivity index (χ3n) is 1.65. The molecule has 3 N–H and O–H groups in total. The van der Waals surface area contributed by atoms with Crippen LogP contribution >= 0.6 is 11.6 Å². The molecule has 0 radical (unpaired) electrons. The summed E-state index contributed by atoms with van der Waals surface area (Å²) < 4.78 is 4.92. The number of nitrogen functional groups attached to an aromatic ring is 1. The van der Waals surface area contributed by atoms with Gasteiger partial charge in [0.15, 0.2) is 0 Å². The number of anilines is 2. The molecule has 1 aromatic rings. The van der Waals surface area contributed by atoms with E-state index in [2.05, 4.69) is 10.3 Å². The zero-order chi connectivity index (χ0) is 10.4. The molecule has 0 saturated heterocycles. The molecular formula is C9H14ClN3O. The maximum absolute atomic E-state index is 5.73. The molecular weight excluding hydrogens is 202 g/mol.